The van der Waals surface area contributed by atoms with Crippen LogP contribution >= 0.6 is 39.3 Å². The molecular formula is C32H26BrClFN3O3S. The van der Waals surface area contributed by atoms with Gasteiger partial charge in [-0.2, -0.15) is 0 Å². The summed E-state index contributed by atoms with van der Waals surface area (Å²) < 4.78 is 14.8. The molecule has 4 rings (SSSR count). The molecule has 0 radical (unpaired) electrons. The number of carbonyl (C=O) groups is 3. The first-order valence-corrected chi connectivity index (χ1v) is 14.9. The third kappa shape index (κ3) is 8.79. The fraction of sp³-hybridized carbons (Fsp3) is 0.0938. The Morgan fingerprint density at radius 3 is 2.36 bits per heavy atom. The SMILES string of the molecule is CCC(Sc1cccc(NC(=O)/C(=C/c2ccc(Cl)cc2)NC(=O)c2ccccc2)c1)C(=O)Nc1ccc(Br)cc1F. The first kappa shape index (κ1) is 31.0. The summed E-state index contributed by atoms with van der Waals surface area (Å²) in [5, 5.41) is 8.21. The van der Waals surface area contributed by atoms with E-state index < -0.39 is 22.9 Å². The summed E-state index contributed by atoms with van der Waals surface area (Å²) in [7, 11) is 0. The van der Waals surface area contributed by atoms with Crippen molar-refractivity contribution in [3.63, 3.8) is 0 Å². The second-order valence-corrected chi connectivity index (χ2v) is 11.7. The van der Waals surface area contributed by atoms with Gasteiger partial charge < -0.3 is 16.0 Å². The van der Waals surface area contributed by atoms with Gasteiger partial charge >= 0.3 is 0 Å². The van der Waals surface area contributed by atoms with Crippen LogP contribution in [0.5, 0.6) is 0 Å². The van der Waals surface area contributed by atoms with Crippen LogP contribution in [-0.2, 0) is 9.59 Å². The summed E-state index contributed by atoms with van der Waals surface area (Å²) >= 11 is 10.5. The first-order chi connectivity index (χ1) is 20.2. The monoisotopic (exact) mass is 665 g/mol. The number of amides is 3. The van der Waals surface area contributed by atoms with E-state index in [4.69, 9.17) is 11.6 Å². The van der Waals surface area contributed by atoms with Gasteiger partial charge in [0.05, 0.1) is 10.9 Å². The standard InChI is InChI=1S/C32H26BrClFN3O3S/c1-2-29(32(41)37-27-16-13-22(33)18-26(27)35)42-25-10-6-9-24(19-25)36-31(40)28(17-20-11-14-23(34)15-12-20)38-30(39)21-7-4-3-5-8-21/h3-19,29H,2H2,1H3,(H,36,40)(H,37,41)(H,38,39)/b28-17-. The minimum absolute atomic E-state index is 0.0339. The van der Waals surface area contributed by atoms with Gasteiger partial charge in [-0.3, -0.25) is 14.4 Å². The Bertz CT molecular complexity index is 1620. The van der Waals surface area contributed by atoms with Gasteiger partial charge in [-0.15, -0.1) is 11.8 Å². The fourth-order valence-corrected chi connectivity index (χ4v) is 5.28. The number of anilines is 2. The van der Waals surface area contributed by atoms with E-state index in [1.165, 1.54) is 23.9 Å². The molecule has 0 aliphatic heterocycles. The molecule has 0 fully saturated rings. The Morgan fingerprint density at radius 2 is 1.67 bits per heavy atom. The van der Waals surface area contributed by atoms with Gasteiger partial charge in [0, 0.05) is 25.6 Å². The van der Waals surface area contributed by atoms with Gasteiger partial charge in [-0.05, 0) is 78.7 Å². The van der Waals surface area contributed by atoms with Gasteiger partial charge in [0.2, 0.25) is 5.91 Å². The minimum Gasteiger partial charge on any atom is -0.323 e. The molecule has 0 heterocycles. The number of nitrogens with one attached hydrogen (secondary N) is 3. The van der Waals surface area contributed by atoms with Crippen LogP contribution in [0.15, 0.2) is 112 Å². The van der Waals surface area contributed by atoms with Crippen molar-refractivity contribution < 1.29 is 18.8 Å². The van der Waals surface area contributed by atoms with Crippen molar-refractivity contribution in [3.8, 4) is 0 Å². The zero-order valence-electron chi connectivity index (χ0n) is 22.4. The largest absolute Gasteiger partial charge is 0.323 e. The maximum atomic E-state index is 14.2. The number of rotatable bonds is 10. The molecule has 4 aromatic carbocycles. The molecule has 0 aliphatic rings. The van der Waals surface area contributed by atoms with Gasteiger partial charge in [-0.1, -0.05) is 70.9 Å². The van der Waals surface area contributed by atoms with Crippen LogP contribution in [0.2, 0.25) is 5.02 Å². The van der Waals surface area contributed by atoms with E-state index in [1.54, 1.807) is 84.9 Å². The maximum Gasteiger partial charge on any atom is 0.272 e. The van der Waals surface area contributed by atoms with Crippen LogP contribution in [0.4, 0.5) is 15.8 Å². The molecule has 1 unspecified atom stereocenters. The molecule has 0 saturated carbocycles. The molecule has 0 aliphatic carbocycles. The van der Waals surface area contributed by atoms with E-state index in [0.717, 1.165) is 4.90 Å². The van der Waals surface area contributed by atoms with E-state index in [9.17, 15) is 18.8 Å². The lowest BCUT2D eigenvalue weighted by molar-refractivity contribution is -0.116. The zero-order chi connectivity index (χ0) is 30.1. The molecule has 3 amide bonds. The maximum absolute atomic E-state index is 14.2. The van der Waals surface area contributed by atoms with Crippen LogP contribution in [0, 0.1) is 5.82 Å². The molecule has 0 bridgehead atoms. The van der Waals surface area contributed by atoms with Crippen LogP contribution < -0.4 is 16.0 Å². The van der Waals surface area contributed by atoms with E-state index in [2.05, 4.69) is 31.9 Å². The zero-order valence-corrected chi connectivity index (χ0v) is 25.5. The Kier molecular flexibility index (Phi) is 10.9. The van der Waals surface area contributed by atoms with Crippen LogP contribution in [0.3, 0.4) is 0 Å². The third-order valence-corrected chi connectivity index (χ3v) is 8.04. The van der Waals surface area contributed by atoms with Gasteiger partial charge in [0.15, 0.2) is 0 Å². The molecule has 0 aromatic heterocycles. The van der Waals surface area contributed by atoms with Gasteiger partial charge in [0.1, 0.15) is 11.5 Å². The molecule has 0 spiro atoms. The highest BCUT2D eigenvalue weighted by molar-refractivity contribution is 9.10. The van der Waals surface area contributed by atoms with E-state index >= 15 is 0 Å². The minimum atomic E-state index is -0.538. The smallest absolute Gasteiger partial charge is 0.272 e. The molecular weight excluding hydrogens is 641 g/mol. The number of carbonyl (C=O) groups excluding carboxylic acids is 3. The summed E-state index contributed by atoms with van der Waals surface area (Å²) in [5.74, 6) is -1.85. The van der Waals surface area contributed by atoms with Crippen molar-refractivity contribution in [1.82, 2.24) is 5.32 Å². The third-order valence-electron chi connectivity index (χ3n) is 5.93. The molecule has 0 saturated heterocycles. The van der Waals surface area contributed by atoms with Crippen molar-refractivity contribution in [2.45, 2.75) is 23.5 Å². The quantitative estimate of drug-likeness (QED) is 0.118. The van der Waals surface area contributed by atoms with Crippen LogP contribution in [0.25, 0.3) is 6.08 Å². The second kappa shape index (κ2) is 14.8. The lowest BCUT2D eigenvalue weighted by atomic mass is 10.1. The average Bonchev–Trinajstić information content (AvgIpc) is 2.98. The number of hydrogen-bond acceptors (Lipinski definition) is 4. The fourth-order valence-electron chi connectivity index (χ4n) is 3.80. The first-order valence-electron chi connectivity index (χ1n) is 12.9. The van der Waals surface area contributed by atoms with Crippen molar-refractivity contribution in [3.05, 3.63) is 129 Å². The van der Waals surface area contributed by atoms with E-state index in [1.807, 2.05) is 13.0 Å². The number of hydrogen-bond donors (Lipinski definition) is 3. The molecule has 4 aromatic rings. The Morgan fingerprint density at radius 1 is 0.929 bits per heavy atom. The molecule has 42 heavy (non-hydrogen) atoms. The Hall–Kier alpha value is -3.92. The molecule has 214 valence electrons. The summed E-state index contributed by atoms with van der Waals surface area (Å²) in [6.45, 7) is 1.87. The topological polar surface area (TPSA) is 87.3 Å². The highest BCUT2D eigenvalue weighted by Crippen LogP contribution is 2.29. The predicted molar refractivity (Wildman–Crippen MR) is 171 cm³/mol. The van der Waals surface area contributed by atoms with Crippen molar-refractivity contribution in [1.29, 1.82) is 0 Å². The van der Waals surface area contributed by atoms with Crippen molar-refractivity contribution in [2.75, 3.05) is 10.6 Å². The van der Waals surface area contributed by atoms with Crippen molar-refractivity contribution >= 4 is 74.5 Å². The van der Waals surface area contributed by atoms with Crippen molar-refractivity contribution in [2.24, 2.45) is 0 Å². The molecule has 3 N–H and O–H groups in total. The van der Waals surface area contributed by atoms with Crippen LogP contribution in [-0.4, -0.2) is 23.0 Å². The lowest BCUT2D eigenvalue weighted by Crippen LogP contribution is -2.30. The average molecular weight is 667 g/mol. The number of thioether (sulfide) groups is 1. The van der Waals surface area contributed by atoms with Crippen LogP contribution in [0.1, 0.15) is 29.3 Å². The Labute approximate surface area is 260 Å². The number of halogens is 3. The Balaban J connectivity index is 1.50. The molecule has 1 atom stereocenters. The second-order valence-electron chi connectivity index (χ2n) is 9.04. The number of benzene rings is 4. The molecule has 6 nitrogen and oxygen atoms in total. The predicted octanol–water partition coefficient (Wildman–Crippen LogP) is 8.16. The summed E-state index contributed by atoms with van der Waals surface area (Å²) in [4.78, 5) is 39.9. The molecule has 10 heteroatoms. The van der Waals surface area contributed by atoms with Gasteiger partial charge in [0.25, 0.3) is 11.8 Å². The highest BCUT2D eigenvalue weighted by atomic mass is 79.9. The lowest BCUT2D eigenvalue weighted by Gasteiger charge is -2.16. The van der Waals surface area contributed by atoms with E-state index in [0.29, 0.717) is 32.7 Å². The summed E-state index contributed by atoms with van der Waals surface area (Å²) in [6.07, 6.45) is 2.05. The van der Waals surface area contributed by atoms with Gasteiger partial charge in [-0.25, -0.2) is 4.39 Å². The highest BCUT2D eigenvalue weighted by Gasteiger charge is 2.20. The summed E-state index contributed by atoms with van der Waals surface area (Å²) in [5.41, 5.74) is 1.67. The normalized spacial score (nSPS) is 11.9. The van der Waals surface area contributed by atoms with E-state index in [-0.39, 0.29) is 17.3 Å². The summed E-state index contributed by atoms with van der Waals surface area (Å²) in [6, 6.07) is 26.9.